The molecule has 6 nitrogen and oxygen atoms in total. The first-order valence-electron chi connectivity index (χ1n) is 10.0. The zero-order valence-electron chi connectivity index (χ0n) is 17.5. The second kappa shape index (κ2) is 10.2. The minimum atomic E-state index is -0.549. The predicted octanol–water partition coefficient (Wildman–Crippen LogP) is 3.63. The molecule has 0 unspecified atom stereocenters. The summed E-state index contributed by atoms with van der Waals surface area (Å²) in [6.07, 6.45) is -0.0320. The van der Waals surface area contributed by atoms with E-state index in [1.807, 2.05) is 62.4 Å². The Morgan fingerprint density at radius 1 is 0.774 bits per heavy atom. The number of rotatable bonds is 6. The van der Waals surface area contributed by atoms with E-state index in [1.54, 1.807) is 30.3 Å². The molecule has 0 aliphatic carbocycles. The summed E-state index contributed by atoms with van der Waals surface area (Å²) in [5, 5.41) is 2.90. The molecule has 0 saturated heterocycles. The van der Waals surface area contributed by atoms with E-state index in [1.165, 1.54) is 0 Å². The highest BCUT2D eigenvalue weighted by molar-refractivity contribution is 5.97. The monoisotopic (exact) mass is 415 g/mol. The number of hydrazine groups is 1. The largest absolute Gasteiger partial charge is 0.345 e. The number of amides is 3. The van der Waals surface area contributed by atoms with Crippen molar-refractivity contribution in [1.29, 1.82) is 0 Å². The first-order chi connectivity index (χ1) is 14.9. The first kappa shape index (κ1) is 21.8. The van der Waals surface area contributed by atoms with Crippen LogP contribution in [-0.2, 0) is 4.79 Å². The molecular weight excluding hydrogens is 390 g/mol. The molecule has 0 aromatic heterocycles. The lowest BCUT2D eigenvalue weighted by molar-refractivity contribution is -0.122. The smallest absolute Gasteiger partial charge is 0.269 e. The summed E-state index contributed by atoms with van der Waals surface area (Å²) in [5.41, 5.74) is 8.56. The SMILES string of the molecule is Cc1ccc(C(=O)NNC(=O)C[C@@H](NC(=O)c2ccccc2)c2ccccc2)c(C)c1. The topological polar surface area (TPSA) is 87.3 Å². The van der Waals surface area contributed by atoms with Crippen molar-refractivity contribution in [1.82, 2.24) is 16.2 Å². The number of benzene rings is 3. The van der Waals surface area contributed by atoms with Crippen LogP contribution >= 0.6 is 0 Å². The molecule has 0 saturated carbocycles. The fourth-order valence-corrected chi connectivity index (χ4v) is 3.27. The summed E-state index contributed by atoms with van der Waals surface area (Å²) in [6, 6.07) is 23.0. The number of aryl methyl sites for hydroxylation is 2. The van der Waals surface area contributed by atoms with Crippen molar-refractivity contribution in [2.24, 2.45) is 0 Å². The van der Waals surface area contributed by atoms with Crippen molar-refractivity contribution in [3.63, 3.8) is 0 Å². The zero-order valence-corrected chi connectivity index (χ0v) is 17.5. The second-order valence-electron chi connectivity index (χ2n) is 7.33. The Labute approximate surface area is 181 Å². The van der Waals surface area contributed by atoms with Crippen LogP contribution in [-0.4, -0.2) is 17.7 Å². The lowest BCUT2D eigenvalue weighted by atomic mass is 10.0. The van der Waals surface area contributed by atoms with Crippen LogP contribution in [0.3, 0.4) is 0 Å². The average molecular weight is 415 g/mol. The van der Waals surface area contributed by atoms with Gasteiger partial charge in [-0.1, -0.05) is 66.2 Å². The fraction of sp³-hybridized carbons (Fsp3) is 0.160. The summed E-state index contributed by atoms with van der Waals surface area (Å²) < 4.78 is 0. The van der Waals surface area contributed by atoms with Crippen molar-refractivity contribution in [3.05, 3.63) is 107 Å². The lowest BCUT2D eigenvalue weighted by Crippen LogP contribution is -2.43. The van der Waals surface area contributed by atoms with Crippen molar-refractivity contribution in [3.8, 4) is 0 Å². The Balaban J connectivity index is 1.65. The molecule has 31 heavy (non-hydrogen) atoms. The summed E-state index contributed by atoms with van der Waals surface area (Å²) >= 11 is 0. The van der Waals surface area contributed by atoms with Gasteiger partial charge in [-0.15, -0.1) is 0 Å². The highest BCUT2D eigenvalue weighted by Crippen LogP contribution is 2.17. The molecule has 0 bridgehead atoms. The molecule has 0 heterocycles. The third-order valence-electron chi connectivity index (χ3n) is 4.87. The predicted molar refractivity (Wildman–Crippen MR) is 119 cm³/mol. The molecule has 0 spiro atoms. The Kier molecular flexibility index (Phi) is 7.17. The maximum absolute atomic E-state index is 12.6. The van der Waals surface area contributed by atoms with Gasteiger partial charge in [0.2, 0.25) is 5.91 Å². The number of carbonyl (C=O) groups excluding carboxylic acids is 3. The molecule has 0 aliphatic heterocycles. The second-order valence-corrected chi connectivity index (χ2v) is 7.33. The minimum Gasteiger partial charge on any atom is -0.345 e. The van der Waals surface area contributed by atoms with Crippen molar-refractivity contribution >= 4 is 17.7 Å². The van der Waals surface area contributed by atoms with E-state index in [2.05, 4.69) is 16.2 Å². The number of hydrogen-bond donors (Lipinski definition) is 3. The van der Waals surface area contributed by atoms with E-state index in [0.29, 0.717) is 11.1 Å². The highest BCUT2D eigenvalue weighted by Gasteiger charge is 2.20. The van der Waals surface area contributed by atoms with E-state index in [-0.39, 0.29) is 12.3 Å². The average Bonchev–Trinajstić information content (AvgIpc) is 2.78. The Morgan fingerprint density at radius 3 is 2.06 bits per heavy atom. The molecule has 0 radical (unpaired) electrons. The number of carbonyl (C=O) groups is 3. The van der Waals surface area contributed by atoms with Crippen LogP contribution in [0.5, 0.6) is 0 Å². The minimum absolute atomic E-state index is 0.0320. The van der Waals surface area contributed by atoms with Gasteiger partial charge in [-0.05, 0) is 43.2 Å². The van der Waals surface area contributed by atoms with E-state index < -0.39 is 17.9 Å². The van der Waals surface area contributed by atoms with Gasteiger partial charge in [0.05, 0.1) is 12.5 Å². The summed E-state index contributed by atoms with van der Waals surface area (Å²) in [6.45, 7) is 3.79. The van der Waals surface area contributed by atoms with E-state index >= 15 is 0 Å². The van der Waals surface area contributed by atoms with Crippen LogP contribution in [0.25, 0.3) is 0 Å². The zero-order chi connectivity index (χ0) is 22.2. The van der Waals surface area contributed by atoms with E-state index in [9.17, 15) is 14.4 Å². The van der Waals surface area contributed by atoms with Crippen molar-refractivity contribution in [2.75, 3.05) is 0 Å². The van der Waals surface area contributed by atoms with Crippen molar-refractivity contribution < 1.29 is 14.4 Å². The Hall–Kier alpha value is -3.93. The molecule has 0 aliphatic rings. The Morgan fingerprint density at radius 2 is 1.42 bits per heavy atom. The highest BCUT2D eigenvalue weighted by atomic mass is 16.2. The van der Waals surface area contributed by atoms with Gasteiger partial charge in [-0.25, -0.2) is 0 Å². The van der Waals surface area contributed by atoms with Crippen molar-refractivity contribution in [2.45, 2.75) is 26.3 Å². The normalized spacial score (nSPS) is 11.3. The van der Waals surface area contributed by atoms with Crippen LogP contribution in [0, 0.1) is 13.8 Å². The maximum Gasteiger partial charge on any atom is 0.269 e. The molecule has 1 atom stereocenters. The van der Waals surface area contributed by atoms with Gasteiger partial charge < -0.3 is 5.32 Å². The molecular formula is C25H25N3O3. The van der Waals surface area contributed by atoms with Gasteiger partial charge in [0.1, 0.15) is 0 Å². The lowest BCUT2D eigenvalue weighted by Gasteiger charge is -2.19. The molecule has 3 rings (SSSR count). The van der Waals surface area contributed by atoms with Crippen LogP contribution < -0.4 is 16.2 Å². The van der Waals surface area contributed by atoms with Crippen LogP contribution in [0.2, 0.25) is 0 Å². The van der Waals surface area contributed by atoms with Gasteiger partial charge in [0.15, 0.2) is 0 Å². The van der Waals surface area contributed by atoms with Gasteiger partial charge in [-0.2, -0.15) is 0 Å². The quantitative estimate of drug-likeness (QED) is 0.538. The number of nitrogens with one attached hydrogen (secondary N) is 3. The summed E-state index contributed by atoms with van der Waals surface area (Å²) in [5.74, 6) is -1.09. The maximum atomic E-state index is 12.6. The van der Waals surface area contributed by atoms with Crippen LogP contribution in [0.1, 0.15) is 49.9 Å². The van der Waals surface area contributed by atoms with Gasteiger partial charge in [0, 0.05) is 11.1 Å². The molecule has 3 amide bonds. The fourth-order valence-electron chi connectivity index (χ4n) is 3.27. The molecule has 158 valence electrons. The molecule has 0 fully saturated rings. The molecule has 6 heteroatoms. The van der Waals surface area contributed by atoms with E-state index in [4.69, 9.17) is 0 Å². The first-order valence-corrected chi connectivity index (χ1v) is 10.0. The molecule has 3 N–H and O–H groups in total. The molecule has 3 aromatic carbocycles. The molecule has 3 aromatic rings. The van der Waals surface area contributed by atoms with Gasteiger partial charge in [0.25, 0.3) is 11.8 Å². The van der Waals surface area contributed by atoms with Crippen LogP contribution in [0.15, 0.2) is 78.9 Å². The Bertz CT molecular complexity index is 1070. The van der Waals surface area contributed by atoms with Gasteiger partial charge >= 0.3 is 0 Å². The third kappa shape index (κ3) is 6.02. The summed E-state index contributed by atoms with van der Waals surface area (Å²) in [4.78, 5) is 37.6. The van der Waals surface area contributed by atoms with Gasteiger partial charge in [-0.3, -0.25) is 25.2 Å². The summed E-state index contributed by atoms with van der Waals surface area (Å²) in [7, 11) is 0. The van der Waals surface area contributed by atoms with Crippen LogP contribution in [0.4, 0.5) is 0 Å². The number of hydrogen-bond acceptors (Lipinski definition) is 3. The van der Waals surface area contributed by atoms with E-state index in [0.717, 1.165) is 16.7 Å². The standard InChI is InChI=1S/C25H25N3O3/c1-17-13-14-21(18(2)15-17)25(31)28-27-23(29)16-22(19-9-5-3-6-10-19)26-24(30)20-11-7-4-8-12-20/h3-15,22H,16H2,1-2H3,(H,26,30)(H,27,29)(H,28,31)/t22-/m1/s1. The third-order valence-corrected chi connectivity index (χ3v) is 4.87.